The first-order valence-corrected chi connectivity index (χ1v) is 7.97. The van der Waals surface area contributed by atoms with Crippen LogP contribution in [0.3, 0.4) is 0 Å². The van der Waals surface area contributed by atoms with Gasteiger partial charge in [0.25, 0.3) is 0 Å². The monoisotopic (exact) mass is 302 g/mol. The zero-order chi connectivity index (χ0) is 15.5. The van der Waals surface area contributed by atoms with Gasteiger partial charge in [-0.25, -0.2) is 4.79 Å². The minimum atomic E-state index is -0.885. The summed E-state index contributed by atoms with van der Waals surface area (Å²) in [7, 11) is 0. The Balaban J connectivity index is 2.28. The highest BCUT2D eigenvalue weighted by Crippen LogP contribution is 2.38. The molecular weight excluding hydrogens is 284 g/mol. The highest BCUT2D eigenvalue weighted by Gasteiger charge is 2.46. The van der Waals surface area contributed by atoms with Crippen LogP contribution in [0.4, 0.5) is 5.69 Å². The van der Waals surface area contributed by atoms with Crippen LogP contribution in [0.2, 0.25) is 0 Å². The molecule has 110 valence electrons. The second-order valence-corrected chi connectivity index (χ2v) is 6.09. The lowest BCUT2D eigenvalue weighted by Gasteiger charge is -2.33. The largest absolute Gasteiger partial charge is 0.448 e. The van der Waals surface area contributed by atoms with Gasteiger partial charge in [0.05, 0.1) is 18.2 Å². The van der Waals surface area contributed by atoms with Crippen LogP contribution in [-0.2, 0) is 9.53 Å². The first kappa shape index (κ1) is 15.5. The van der Waals surface area contributed by atoms with Crippen LogP contribution in [0, 0.1) is 17.2 Å². The van der Waals surface area contributed by atoms with Gasteiger partial charge >= 0.3 is 5.97 Å². The number of hydrogen-bond donors (Lipinski definition) is 1. The molecule has 0 bridgehead atoms. The molecule has 21 heavy (non-hydrogen) atoms. The summed E-state index contributed by atoms with van der Waals surface area (Å²) in [5.74, 6) is -0.394. The van der Waals surface area contributed by atoms with Gasteiger partial charge in [-0.15, -0.1) is 11.8 Å². The van der Waals surface area contributed by atoms with Gasteiger partial charge in [-0.1, -0.05) is 13.8 Å². The van der Waals surface area contributed by atoms with E-state index in [0.29, 0.717) is 5.70 Å². The Morgan fingerprint density at radius 1 is 1.38 bits per heavy atom. The topological polar surface area (TPSA) is 62.1 Å². The second-order valence-electron chi connectivity index (χ2n) is 5.21. The number of rotatable bonds is 5. The number of anilines is 1. The summed E-state index contributed by atoms with van der Waals surface area (Å²) in [4.78, 5) is 12.9. The molecule has 5 heteroatoms. The highest BCUT2D eigenvalue weighted by atomic mass is 32.2. The van der Waals surface area contributed by atoms with E-state index in [1.54, 1.807) is 11.8 Å². The third-order valence-electron chi connectivity index (χ3n) is 3.64. The van der Waals surface area contributed by atoms with Crippen molar-refractivity contribution in [3.63, 3.8) is 0 Å². The van der Waals surface area contributed by atoms with E-state index in [0.717, 1.165) is 5.69 Å². The maximum Gasteiger partial charge on any atom is 0.333 e. The number of nitrogens with zero attached hydrogens (tertiary/aromatic N) is 1. The van der Waals surface area contributed by atoms with Gasteiger partial charge < -0.3 is 10.1 Å². The van der Waals surface area contributed by atoms with Crippen LogP contribution >= 0.6 is 11.8 Å². The Labute approximate surface area is 129 Å². The van der Waals surface area contributed by atoms with Crippen LogP contribution in [0.25, 0.3) is 0 Å². The van der Waals surface area contributed by atoms with Crippen molar-refractivity contribution < 1.29 is 9.53 Å². The van der Waals surface area contributed by atoms with Crippen molar-refractivity contribution in [1.82, 2.24) is 0 Å². The van der Waals surface area contributed by atoms with Gasteiger partial charge in [-0.2, -0.15) is 5.26 Å². The zero-order valence-corrected chi connectivity index (χ0v) is 13.2. The van der Waals surface area contributed by atoms with Crippen LogP contribution in [0.1, 0.15) is 20.3 Å². The van der Waals surface area contributed by atoms with E-state index in [-0.39, 0.29) is 12.3 Å². The normalized spacial score (nSPS) is 20.9. The molecule has 0 fully saturated rings. The summed E-state index contributed by atoms with van der Waals surface area (Å²) in [6, 6.07) is 10.0. The van der Waals surface area contributed by atoms with Crippen molar-refractivity contribution in [3.8, 4) is 6.07 Å². The molecule has 0 aromatic heterocycles. The Bertz CT molecular complexity index is 602. The Morgan fingerprint density at radius 3 is 2.57 bits per heavy atom. The molecule has 1 aromatic rings. The molecule has 4 nitrogen and oxygen atoms in total. The number of esters is 1. The number of hydrogen-bond acceptors (Lipinski definition) is 5. The molecule has 0 aliphatic carbocycles. The molecule has 0 radical (unpaired) electrons. The molecule has 1 aliphatic rings. The average Bonchev–Trinajstić information content (AvgIpc) is 2.77. The zero-order valence-electron chi connectivity index (χ0n) is 12.3. The maximum absolute atomic E-state index is 11.7. The molecule has 2 rings (SSSR count). The van der Waals surface area contributed by atoms with Crippen molar-refractivity contribution in [2.75, 3.05) is 11.6 Å². The number of benzene rings is 1. The summed E-state index contributed by atoms with van der Waals surface area (Å²) in [6.07, 6.45) is 3.60. The third kappa shape index (κ3) is 3.06. The van der Waals surface area contributed by atoms with Crippen LogP contribution in [-0.4, -0.2) is 17.8 Å². The smallest absolute Gasteiger partial charge is 0.333 e. The van der Waals surface area contributed by atoms with Gasteiger partial charge in [0.1, 0.15) is 0 Å². The maximum atomic E-state index is 11.7. The highest BCUT2D eigenvalue weighted by molar-refractivity contribution is 7.98. The van der Waals surface area contributed by atoms with E-state index in [9.17, 15) is 4.79 Å². The Hall–Kier alpha value is -1.93. The van der Waals surface area contributed by atoms with Gasteiger partial charge in [0.15, 0.2) is 5.60 Å². The summed E-state index contributed by atoms with van der Waals surface area (Å²) >= 11 is 1.67. The average molecular weight is 302 g/mol. The Morgan fingerprint density at radius 2 is 2.05 bits per heavy atom. The third-order valence-corrected chi connectivity index (χ3v) is 4.39. The van der Waals surface area contributed by atoms with Gasteiger partial charge in [-0.3, -0.25) is 0 Å². The number of nitrogens with one attached hydrogen (secondary N) is 1. The van der Waals surface area contributed by atoms with Gasteiger partial charge in [0.2, 0.25) is 0 Å². The molecule has 1 unspecified atom stereocenters. The number of nitriles is 1. The molecular formula is C16H18N2O2S. The SMILES string of the molecule is CSc1ccc(NC2=CC(=O)OC2(CC#N)C(C)C)cc1. The first-order valence-electron chi connectivity index (χ1n) is 6.75. The fourth-order valence-corrected chi connectivity index (χ4v) is 2.77. The summed E-state index contributed by atoms with van der Waals surface area (Å²) in [6.45, 7) is 3.89. The standard InChI is InChI=1S/C16H18N2O2S/c1-11(2)16(8-9-17)14(10-15(19)20-16)18-12-4-6-13(21-3)7-5-12/h4-7,10-11,18H,8H2,1-3H3. The van der Waals surface area contributed by atoms with E-state index in [1.807, 2.05) is 44.4 Å². The lowest BCUT2D eigenvalue weighted by atomic mass is 9.85. The fraction of sp³-hybridized carbons (Fsp3) is 0.375. The summed E-state index contributed by atoms with van der Waals surface area (Å²) in [5.41, 5.74) is 0.644. The number of cyclic esters (lactones) is 1. The molecule has 1 heterocycles. The minimum absolute atomic E-state index is 0.00724. The van der Waals surface area contributed by atoms with E-state index in [4.69, 9.17) is 10.00 Å². The summed E-state index contributed by atoms with van der Waals surface area (Å²) in [5, 5.41) is 12.3. The van der Waals surface area contributed by atoms with Crippen molar-refractivity contribution >= 4 is 23.4 Å². The molecule has 1 aliphatic heterocycles. The second kappa shape index (κ2) is 6.23. The van der Waals surface area contributed by atoms with Crippen molar-refractivity contribution in [2.24, 2.45) is 5.92 Å². The lowest BCUT2D eigenvalue weighted by Crippen LogP contribution is -2.40. The van der Waals surface area contributed by atoms with Gasteiger partial charge in [0, 0.05) is 16.7 Å². The van der Waals surface area contributed by atoms with E-state index in [2.05, 4.69) is 11.4 Å². The van der Waals surface area contributed by atoms with Crippen LogP contribution < -0.4 is 5.32 Å². The van der Waals surface area contributed by atoms with Crippen molar-refractivity contribution in [2.45, 2.75) is 30.8 Å². The molecule has 1 N–H and O–H groups in total. The predicted octanol–water partition coefficient (Wildman–Crippen LogP) is 3.57. The fourth-order valence-electron chi connectivity index (χ4n) is 2.36. The van der Waals surface area contributed by atoms with E-state index >= 15 is 0 Å². The van der Waals surface area contributed by atoms with E-state index < -0.39 is 11.6 Å². The number of thioether (sulfide) groups is 1. The Kier molecular flexibility index (Phi) is 4.59. The van der Waals surface area contributed by atoms with Crippen molar-refractivity contribution in [3.05, 3.63) is 36.0 Å². The minimum Gasteiger partial charge on any atom is -0.448 e. The molecule has 1 atom stereocenters. The predicted molar refractivity (Wildman–Crippen MR) is 83.8 cm³/mol. The molecule has 0 spiro atoms. The van der Waals surface area contributed by atoms with Gasteiger partial charge in [-0.05, 0) is 36.4 Å². The van der Waals surface area contributed by atoms with Crippen LogP contribution in [0.5, 0.6) is 0 Å². The quantitative estimate of drug-likeness (QED) is 0.665. The number of carbonyl (C=O) groups excluding carboxylic acids is 1. The lowest BCUT2D eigenvalue weighted by molar-refractivity contribution is -0.149. The van der Waals surface area contributed by atoms with E-state index in [1.165, 1.54) is 11.0 Å². The molecule has 1 aromatic carbocycles. The number of carbonyl (C=O) groups is 1. The summed E-state index contributed by atoms with van der Waals surface area (Å²) < 4.78 is 5.46. The molecule has 0 saturated heterocycles. The first-order chi connectivity index (χ1) is 10.0. The number of ether oxygens (including phenoxy) is 1. The molecule has 0 amide bonds. The van der Waals surface area contributed by atoms with Crippen LogP contribution in [0.15, 0.2) is 40.9 Å². The van der Waals surface area contributed by atoms with Crippen molar-refractivity contribution in [1.29, 1.82) is 5.26 Å². The molecule has 0 saturated carbocycles.